The van der Waals surface area contributed by atoms with Gasteiger partial charge in [0.05, 0.1) is 30.9 Å². The zero-order valence-electron chi connectivity index (χ0n) is 21.1. The van der Waals surface area contributed by atoms with Crippen LogP contribution in [0.3, 0.4) is 0 Å². The lowest BCUT2D eigenvalue weighted by Crippen LogP contribution is -2.40. The van der Waals surface area contributed by atoms with E-state index < -0.39 is 0 Å². The first-order valence-electron chi connectivity index (χ1n) is 12.3. The maximum Gasteiger partial charge on any atom is 0.349 e. The van der Waals surface area contributed by atoms with Crippen LogP contribution < -0.4 is 16.2 Å². The van der Waals surface area contributed by atoms with Crippen LogP contribution in [0.15, 0.2) is 71.5 Å². The quantitative estimate of drug-likeness (QED) is 0.367. The van der Waals surface area contributed by atoms with Crippen LogP contribution in [-0.4, -0.2) is 45.2 Å². The van der Waals surface area contributed by atoms with Crippen LogP contribution in [0.1, 0.15) is 53.1 Å². The summed E-state index contributed by atoms with van der Waals surface area (Å²) < 4.78 is 8.42. The van der Waals surface area contributed by atoms with E-state index in [1.165, 1.54) is 4.52 Å². The molecule has 0 spiro atoms. The fraction of sp³-hybridized carbons (Fsp3) is 0.321. The number of rotatable bonds is 10. The van der Waals surface area contributed by atoms with Gasteiger partial charge in [-0.3, -0.25) is 9.36 Å². The Hall–Kier alpha value is -3.91. The highest BCUT2D eigenvalue weighted by atomic mass is 16.5. The molecule has 4 aromatic rings. The molecule has 188 valence electrons. The second-order valence-corrected chi connectivity index (χ2v) is 8.84. The molecule has 2 N–H and O–H groups in total. The van der Waals surface area contributed by atoms with E-state index in [9.17, 15) is 9.59 Å². The lowest BCUT2D eigenvalue weighted by molar-refractivity contribution is 0.0660. The summed E-state index contributed by atoms with van der Waals surface area (Å²) in [4.78, 5) is 29.3. The third-order valence-corrected chi connectivity index (χ3v) is 6.37. The Morgan fingerprint density at radius 1 is 1.11 bits per heavy atom. The second kappa shape index (κ2) is 11.2. The summed E-state index contributed by atoms with van der Waals surface area (Å²) in [5.74, 6) is 0.576. The van der Waals surface area contributed by atoms with Crippen LogP contribution in [0.5, 0.6) is 5.75 Å². The van der Waals surface area contributed by atoms with Crippen molar-refractivity contribution in [1.29, 1.82) is 0 Å². The lowest BCUT2D eigenvalue weighted by Gasteiger charge is -2.33. The normalized spacial score (nSPS) is 12.0. The van der Waals surface area contributed by atoms with E-state index in [0.29, 0.717) is 49.3 Å². The molecule has 8 heteroatoms. The molecule has 2 aromatic heterocycles. The number of nitrogens with zero attached hydrogens (tertiary/aromatic N) is 4. The molecule has 0 aliphatic rings. The van der Waals surface area contributed by atoms with E-state index >= 15 is 0 Å². The van der Waals surface area contributed by atoms with Crippen molar-refractivity contribution in [3.8, 4) is 5.75 Å². The van der Waals surface area contributed by atoms with E-state index in [0.717, 1.165) is 17.0 Å². The average molecular weight is 488 g/mol. The summed E-state index contributed by atoms with van der Waals surface area (Å²) in [6, 6.07) is 20.5. The lowest BCUT2D eigenvalue weighted by atomic mass is 10.0. The number of ether oxygens (including phenoxy) is 1. The topological polar surface area (TPSA) is 94.9 Å². The Kier molecular flexibility index (Phi) is 7.85. The summed E-state index contributed by atoms with van der Waals surface area (Å²) in [6.07, 6.45) is 1.28. The molecule has 0 bridgehead atoms. The number of hydrogen-bond donors (Lipinski definition) is 1. The number of carbonyl (C=O) groups excluding carboxylic acids is 1. The summed E-state index contributed by atoms with van der Waals surface area (Å²) in [5.41, 5.74) is 9.42. The number of amides is 1. The van der Waals surface area contributed by atoms with Crippen LogP contribution in [0.25, 0.3) is 5.52 Å². The number of nitrogens with two attached hydrogens (primary N) is 1. The SMILES string of the molecule is CC[C@H](c1cc2cc(C)nn2c(=O)n1Cc1ccccc1)N(CCCN)C(=O)c1ccc(OC)cc1. The van der Waals surface area contributed by atoms with Gasteiger partial charge in [0.25, 0.3) is 5.91 Å². The molecule has 0 saturated heterocycles. The maximum absolute atomic E-state index is 13.8. The van der Waals surface area contributed by atoms with Gasteiger partial charge in [0.15, 0.2) is 0 Å². The van der Waals surface area contributed by atoms with Crippen LogP contribution >= 0.6 is 0 Å². The molecular formula is C28H33N5O3. The molecule has 2 heterocycles. The van der Waals surface area contributed by atoms with Crippen LogP contribution in [0.2, 0.25) is 0 Å². The largest absolute Gasteiger partial charge is 0.497 e. The number of hydrogen-bond acceptors (Lipinski definition) is 5. The summed E-state index contributed by atoms with van der Waals surface area (Å²) in [5, 5.41) is 4.41. The number of carbonyl (C=O) groups is 1. The molecule has 0 aliphatic carbocycles. The number of fused-ring (bicyclic) bond motifs is 1. The van der Waals surface area contributed by atoms with Crippen molar-refractivity contribution < 1.29 is 9.53 Å². The molecule has 0 aliphatic heterocycles. The van der Waals surface area contributed by atoms with Crippen LogP contribution in [0, 0.1) is 6.92 Å². The summed E-state index contributed by atoms with van der Waals surface area (Å²) in [7, 11) is 1.60. The third kappa shape index (κ3) is 5.18. The van der Waals surface area contributed by atoms with Gasteiger partial charge in [0.1, 0.15) is 5.75 Å². The first-order valence-corrected chi connectivity index (χ1v) is 12.3. The molecule has 36 heavy (non-hydrogen) atoms. The Labute approximate surface area is 210 Å². The van der Waals surface area contributed by atoms with Gasteiger partial charge in [0.2, 0.25) is 0 Å². The molecule has 0 unspecified atom stereocenters. The van der Waals surface area contributed by atoms with E-state index in [1.807, 2.05) is 61.2 Å². The molecule has 4 rings (SSSR count). The minimum absolute atomic E-state index is 0.110. The molecule has 0 saturated carbocycles. The van der Waals surface area contributed by atoms with Crippen LogP contribution in [-0.2, 0) is 6.54 Å². The van der Waals surface area contributed by atoms with Crippen molar-refractivity contribution in [3.63, 3.8) is 0 Å². The molecule has 8 nitrogen and oxygen atoms in total. The summed E-state index contributed by atoms with van der Waals surface area (Å²) >= 11 is 0. The fourth-order valence-corrected chi connectivity index (χ4v) is 4.58. The number of benzene rings is 2. The monoisotopic (exact) mass is 487 g/mol. The maximum atomic E-state index is 13.8. The molecule has 1 atom stereocenters. The molecular weight excluding hydrogens is 454 g/mol. The van der Waals surface area contributed by atoms with Crippen LogP contribution in [0.4, 0.5) is 0 Å². The number of aryl methyl sites for hydroxylation is 1. The predicted octanol–water partition coefficient (Wildman–Crippen LogP) is 3.80. The predicted molar refractivity (Wildman–Crippen MR) is 140 cm³/mol. The van der Waals surface area contributed by atoms with Gasteiger partial charge in [-0.1, -0.05) is 37.3 Å². The van der Waals surface area contributed by atoms with Crippen molar-refractivity contribution in [2.45, 2.75) is 39.3 Å². The zero-order chi connectivity index (χ0) is 25.7. The highest BCUT2D eigenvalue weighted by Gasteiger charge is 2.28. The van der Waals surface area contributed by atoms with Crippen molar-refractivity contribution in [3.05, 3.63) is 99.7 Å². The number of methoxy groups -OCH3 is 1. The molecule has 0 radical (unpaired) electrons. The van der Waals surface area contributed by atoms with Crippen molar-refractivity contribution >= 4 is 11.4 Å². The van der Waals surface area contributed by atoms with Gasteiger partial charge >= 0.3 is 5.69 Å². The van der Waals surface area contributed by atoms with Crippen molar-refractivity contribution in [2.75, 3.05) is 20.2 Å². The van der Waals surface area contributed by atoms with E-state index in [1.54, 1.807) is 35.9 Å². The van der Waals surface area contributed by atoms with Crippen molar-refractivity contribution in [2.24, 2.45) is 5.73 Å². The van der Waals surface area contributed by atoms with Gasteiger partial charge in [-0.15, -0.1) is 0 Å². The van der Waals surface area contributed by atoms with Gasteiger partial charge in [-0.05, 0) is 68.3 Å². The molecule has 2 aromatic carbocycles. The number of aromatic nitrogens is 3. The summed E-state index contributed by atoms with van der Waals surface area (Å²) in [6.45, 7) is 5.21. The van der Waals surface area contributed by atoms with Gasteiger partial charge in [0, 0.05) is 17.8 Å². The fourth-order valence-electron chi connectivity index (χ4n) is 4.58. The minimum Gasteiger partial charge on any atom is -0.497 e. The van der Waals surface area contributed by atoms with Gasteiger partial charge in [-0.2, -0.15) is 9.61 Å². The highest BCUT2D eigenvalue weighted by Crippen LogP contribution is 2.28. The Morgan fingerprint density at radius 3 is 2.47 bits per heavy atom. The smallest absolute Gasteiger partial charge is 0.349 e. The average Bonchev–Trinajstić information content (AvgIpc) is 3.29. The van der Waals surface area contributed by atoms with Crippen molar-refractivity contribution in [1.82, 2.24) is 19.1 Å². The first kappa shape index (κ1) is 25.2. The second-order valence-electron chi connectivity index (χ2n) is 8.84. The van der Waals surface area contributed by atoms with E-state index in [-0.39, 0.29) is 17.6 Å². The minimum atomic E-state index is -0.331. The molecule has 0 fully saturated rings. The van der Waals surface area contributed by atoms with Gasteiger partial charge < -0.3 is 15.4 Å². The van der Waals surface area contributed by atoms with E-state index in [4.69, 9.17) is 10.5 Å². The highest BCUT2D eigenvalue weighted by molar-refractivity contribution is 5.94. The Bertz CT molecular complexity index is 1380. The van der Waals surface area contributed by atoms with E-state index in [2.05, 4.69) is 5.10 Å². The standard InChI is InChI=1S/C28H33N5O3/c1-4-25(31(16-8-15-29)27(34)22-11-13-24(36-3)14-12-22)26-18-23-17-20(2)30-33(23)28(35)32(26)19-21-9-6-5-7-10-21/h5-7,9-14,17-18,25H,4,8,15-16,19,29H2,1-3H3/t25-/m1/s1. The first-order chi connectivity index (χ1) is 17.5. The molecule has 1 amide bonds. The zero-order valence-corrected chi connectivity index (χ0v) is 21.1. The van der Waals surface area contributed by atoms with Gasteiger partial charge in [-0.25, -0.2) is 4.79 Å². The Balaban J connectivity index is 1.84. The Morgan fingerprint density at radius 2 is 1.83 bits per heavy atom. The third-order valence-electron chi connectivity index (χ3n) is 6.37.